The zero-order chi connectivity index (χ0) is 19.2. The zero-order valence-corrected chi connectivity index (χ0v) is 17.5. The van der Waals surface area contributed by atoms with Crippen LogP contribution in [0.1, 0.15) is 32.6 Å². The first-order chi connectivity index (χ1) is 13.0. The third kappa shape index (κ3) is 5.29. The van der Waals surface area contributed by atoms with E-state index in [2.05, 4.69) is 40.8 Å². The highest BCUT2D eigenvalue weighted by atomic mass is 28.3. The molecule has 1 amide bonds. The lowest BCUT2D eigenvalue weighted by Gasteiger charge is -2.27. The Kier molecular flexibility index (Phi) is 6.84. The molecule has 1 aliphatic carbocycles. The number of carbonyl (C=O) groups is 1. The number of anilines is 1. The van der Waals surface area contributed by atoms with Crippen LogP contribution in [0.5, 0.6) is 0 Å². The van der Waals surface area contributed by atoms with Crippen LogP contribution in [0.25, 0.3) is 11.2 Å². The molecule has 2 unspecified atom stereocenters. The molecule has 0 spiro atoms. The molecule has 2 aromatic rings. The maximum Gasteiger partial charge on any atom is 0.241 e. The molecule has 0 aliphatic heterocycles. The molecule has 2 atom stereocenters. The number of hydrazine groups is 1. The van der Waals surface area contributed by atoms with Gasteiger partial charge in [-0.05, 0) is 30.9 Å². The van der Waals surface area contributed by atoms with E-state index in [0.717, 1.165) is 43.1 Å². The van der Waals surface area contributed by atoms with E-state index >= 15 is 0 Å². The van der Waals surface area contributed by atoms with Gasteiger partial charge in [-0.1, -0.05) is 32.9 Å². The van der Waals surface area contributed by atoms with Gasteiger partial charge in [0, 0.05) is 27.5 Å². The van der Waals surface area contributed by atoms with E-state index in [9.17, 15) is 4.79 Å². The van der Waals surface area contributed by atoms with Gasteiger partial charge in [0.25, 0.3) is 0 Å². The predicted molar refractivity (Wildman–Crippen MR) is 109 cm³/mol. The molecule has 1 radical (unpaired) electrons. The van der Waals surface area contributed by atoms with Crippen molar-refractivity contribution in [3.8, 4) is 0 Å². The van der Waals surface area contributed by atoms with Crippen molar-refractivity contribution >= 4 is 31.7 Å². The average Bonchev–Trinajstić information content (AvgIpc) is 3.06. The van der Waals surface area contributed by atoms with E-state index < -0.39 is 0 Å². The highest BCUT2D eigenvalue weighted by molar-refractivity contribution is 6.55. The largest absolute Gasteiger partial charge is 0.361 e. The number of carbonyl (C=O) groups excluding carboxylic acids is 1. The quantitative estimate of drug-likeness (QED) is 0.411. The van der Waals surface area contributed by atoms with Crippen molar-refractivity contribution < 1.29 is 9.53 Å². The molecule has 2 N–H and O–H groups in total. The summed E-state index contributed by atoms with van der Waals surface area (Å²) in [6.45, 7) is 7.98. The van der Waals surface area contributed by atoms with Crippen LogP contribution in [0, 0.1) is 11.8 Å². The maximum atomic E-state index is 12.4. The minimum absolute atomic E-state index is 0.0443. The molecule has 0 bridgehead atoms. The number of amides is 1. The second kappa shape index (κ2) is 9.32. The Bertz CT molecular complexity index is 764. The van der Waals surface area contributed by atoms with Gasteiger partial charge in [0.15, 0.2) is 11.5 Å². The van der Waals surface area contributed by atoms with Crippen LogP contribution in [0.2, 0.25) is 19.1 Å². The number of nitrogens with one attached hydrogen (secondary N) is 2. The van der Waals surface area contributed by atoms with Gasteiger partial charge >= 0.3 is 0 Å². The van der Waals surface area contributed by atoms with Crippen LogP contribution in [0.3, 0.4) is 0 Å². The van der Waals surface area contributed by atoms with E-state index in [1.54, 1.807) is 6.20 Å². The maximum absolute atomic E-state index is 12.4. The molecule has 1 fully saturated rings. The highest BCUT2D eigenvalue weighted by Gasteiger charge is 2.27. The lowest BCUT2D eigenvalue weighted by molar-refractivity contribution is -0.127. The number of fused-ring (bicyclic) bond motifs is 1. The molecule has 3 rings (SSSR count). The van der Waals surface area contributed by atoms with Crippen LogP contribution in [0.15, 0.2) is 18.5 Å². The van der Waals surface area contributed by atoms with Crippen LogP contribution >= 0.6 is 0 Å². The average molecular weight is 389 g/mol. The molecule has 2 aromatic heterocycles. The van der Waals surface area contributed by atoms with Crippen molar-refractivity contribution in [3.05, 3.63) is 18.5 Å². The zero-order valence-electron chi connectivity index (χ0n) is 16.5. The van der Waals surface area contributed by atoms with Crippen molar-refractivity contribution in [1.29, 1.82) is 0 Å². The van der Waals surface area contributed by atoms with Crippen molar-refractivity contribution in [3.63, 3.8) is 0 Å². The Morgan fingerprint density at radius 3 is 2.96 bits per heavy atom. The van der Waals surface area contributed by atoms with E-state index in [-0.39, 0.29) is 20.6 Å². The number of ether oxygens (including phenoxy) is 1. The van der Waals surface area contributed by atoms with Crippen LogP contribution in [-0.4, -0.2) is 35.8 Å². The van der Waals surface area contributed by atoms with Crippen molar-refractivity contribution in [1.82, 2.24) is 20.0 Å². The summed E-state index contributed by atoms with van der Waals surface area (Å²) in [4.78, 5) is 21.4. The molecule has 0 aromatic carbocycles. The molecule has 7 nitrogen and oxygen atoms in total. The van der Waals surface area contributed by atoms with Crippen molar-refractivity contribution in [2.75, 3.05) is 12.0 Å². The smallest absolute Gasteiger partial charge is 0.241 e. The van der Waals surface area contributed by atoms with Crippen molar-refractivity contribution in [2.45, 2.75) is 58.5 Å². The Labute approximate surface area is 162 Å². The molecule has 8 heteroatoms. The first kappa shape index (κ1) is 19.8. The number of rotatable bonds is 8. The summed E-state index contributed by atoms with van der Waals surface area (Å²) in [6, 6.07) is 3.06. The Balaban J connectivity index is 1.54. The SMILES string of the molecule is CC1CCCCC1C(=O)NNc1cnc2c(ccn2COCC[Si](C)C)n1. The molecule has 1 aliphatic rings. The van der Waals surface area contributed by atoms with Gasteiger partial charge in [0.05, 0.1) is 6.20 Å². The van der Waals surface area contributed by atoms with Gasteiger partial charge in [-0.2, -0.15) is 0 Å². The second-order valence-electron chi connectivity index (χ2n) is 7.73. The normalized spacial score (nSPS) is 20.1. The third-order valence-corrected chi connectivity index (χ3v) is 6.41. The number of hydrogen-bond donors (Lipinski definition) is 2. The first-order valence-corrected chi connectivity index (χ1v) is 12.5. The lowest BCUT2D eigenvalue weighted by Crippen LogP contribution is -2.39. The fourth-order valence-corrected chi connectivity index (χ4v) is 4.04. The topological polar surface area (TPSA) is 81.1 Å². The summed E-state index contributed by atoms with van der Waals surface area (Å²) >= 11 is 0. The Morgan fingerprint density at radius 1 is 1.37 bits per heavy atom. The summed E-state index contributed by atoms with van der Waals surface area (Å²) in [5, 5.41) is 0. The highest BCUT2D eigenvalue weighted by Crippen LogP contribution is 2.29. The summed E-state index contributed by atoms with van der Waals surface area (Å²) in [5.74, 6) is 1.10. The van der Waals surface area contributed by atoms with Crippen LogP contribution in [-0.2, 0) is 16.3 Å². The monoisotopic (exact) mass is 388 g/mol. The summed E-state index contributed by atoms with van der Waals surface area (Å²) in [5.41, 5.74) is 7.28. The van der Waals surface area contributed by atoms with Gasteiger partial charge in [0.1, 0.15) is 12.2 Å². The predicted octanol–water partition coefficient (Wildman–Crippen LogP) is 3.43. The third-order valence-electron chi connectivity index (χ3n) is 5.20. The fraction of sp³-hybridized carbons (Fsp3) is 0.632. The number of nitrogens with zero attached hydrogens (tertiary/aromatic N) is 3. The van der Waals surface area contributed by atoms with Gasteiger partial charge < -0.3 is 9.30 Å². The number of hydrogen-bond acceptors (Lipinski definition) is 5. The van der Waals surface area contributed by atoms with Gasteiger partial charge in [-0.15, -0.1) is 0 Å². The van der Waals surface area contributed by atoms with Gasteiger partial charge in [0.2, 0.25) is 5.91 Å². The van der Waals surface area contributed by atoms with Crippen LogP contribution in [0.4, 0.5) is 5.82 Å². The molecular formula is C19H30N5O2Si. The second-order valence-corrected chi connectivity index (χ2v) is 10.6. The minimum atomic E-state index is -0.253. The lowest BCUT2D eigenvalue weighted by atomic mass is 9.80. The summed E-state index contributed by atoms with van der Waals surface area (Å²) < 4.78 is 7.68. The molecule has 2 heterocycles. The molecule has 1 saturated carbocycles. The number of aromatic nitrogens is 3. The molecule has 0 saturated heterocycles. The summed E-state index contributed by atoms with van der Waals surface area (Å²) in [7, 11) is -0.253. The fourth-order valence-electron chi connectivity index (χ4n) is 3.49. The van der Waals surface area contributed by atoms with E-state index in [4.69, 9.17) is 4.74 Å². The first-order valence-electron chi connectivity index (χ1n) is 9.79. The van der Waals surface area contributed by atoms with E-state index in [0.29, 0.717) is 18.5 Å². The van der Waals surface area contributed by atoms with Gasteiger partial charge in [-0.25, -0.2) is 9.97 Å². The molecule has 147 valence electrons. The van der Waals surface area contributed by atoms with Gasteiger partial charge in [-0.3, -0.25) is 15.6 Å². The van der Waals surface area contributed by atoms with E-state index in [1.165, 1.54) is 6.42 Å². The molecular weight excluding hydrogens is 358 g/mol. The molecule has 27 heavy (non-hydrogen) atoms. The minimum Gasteiger partial charge on any atom is -0.361 e. The van der Waals surface area contributed by atoms with Crippen LogP contribution < -0.4 is 10.9 Å². The summed E-state index contributed by atoms with van der Waals surface area (Å²) in [6.07, 6.45) is 8.00. The van der Waals surface area contributed by atoms with Crippen molar-refractivity contribution in [2.24, 2.45) is 11.8 Å². The Hall–Kier alpha value is -1.93. The van der Waals surface area contributed by atoms with E-state index in [1.807, 2.05) is 16.8 Å². The Morgan fingerprint density at radius 2 is 2.19 bits per heavy atom. The standard InChI is InChI=1S/C19H30N5O2Si/c1-14-6-4-5-7-15(14)19(25)23-22-17-12-20-18-16(21-17)8-9-24(18)13-26-10-11-27(2)3/h8-9,12,14-15H,4-7,10-11,13H2,1-3H3,(H,21,22)(H,23,25).